The van der Waals surface area contributed by atoms with Gasteiger partial charge in [0.2, 0.25) is 0 Å². The highest BCUT2D eigenvalue weighted by atomic mass is 32.2. The molecule has 0 amide bonds. The van der Waals surface area contributed by atoms with Crippen molar-refractivity contribution in [1.29, 1.82) is 0 Å². The quantitative estimate of drug-likeness (QED) is 0.682. The Labute approximate surface area is 159 Å². The smallest absolute Gasteiger partial charge is 0.196 e. The third-order valence-corrected chi connectivity index (χ3v) is 5.86. The molecular weight excluding hydrogens is 340 g/mol. The highest BCUT2D eigenvalue weighted by molar-refractivity contribution is 7.99. The van der Waals surface area contributed by atoms with Crippen molar-refractivity contribution in [2.45, 2.75) is 24.4 Å². The molecule has 4 nitrogen and oxygen atoms in total. The molecule has 0 aliphatic carbocycles. The standard InChI is InChI=1S/C21H24N4S/c1-4-10-18(11-5-1)20-22-23-21(25(20)19-12-6-2-7-13-19)26-17-16-24-14-8-3-9-15-24/h1-2,4-7,10-13H,3,8-9,14-17H2/p+1. The number of hydrogen-bond acceptors (Lipinski definition) is 3. The summed E-state index contributed by atoms with van der Waals surface area (Å²) in [6.07, 6.45) is 4.15. The molecule has 1 aliphatic heterocycles. The van der Waals surface area contributed by atoms with Crippen molar-refractivity contribution in [3.63, 3.8) is 0 Å². The van der Waals surface area contributed by atoms with Crippen LogP contribution >= 0.6 is 11.8 Å². The van der Waals surface area contributed by atoms with Crippen LogP contribution in [0.4, 0.5) is 0 Å². The van der Waals surface area contributed by atoms with Gasteiger partial charge in [0.1, 0.15) is 0 Å². The van der Waals surface area contributed by atoms with Crippen LogP contribution in [0.3, 0.4) is 0 Å². The van der Waals surface area contributed by atoms with Gasteiger partial charge in [-0.25, -0.2) is 0 Å². The highest BCUT2D eigenvalue weighted by Gasteiger charge is 2.17. The molecule has 1 N–H and O–H groups in total. The summed E-state index contributed by atoms with van der Waals surface area (Å²) in [7, 11) is 0. The number of nitrogens with zero attached hydrogens (tertiary/aromatic N) is 3. The van der Waals surface area contributed by atoms with Crippen LogP contribution in [-0.2, 0) is 0 Å². The molecule has 1 aliphatic rings. The van der Waals surface area contributed by atoms with Gasteiger partial charge in [-0.15, -0.1) is 10.2 Å². The molecule has 1 aromatic heterocycles. The number of hydrogen-bond donors (Lipinski definition) is 1. The monoisotopic (exact) mass is 365 g/mol. The van der Waals surface area contributed by atoms with Crippen molar-refractivity contribution in [3.05, 3.63) is 60.7 Å². The summed E-state index contributed by atoms with van der Waals surface area (Å²) in [5.41, 5.74) is 2.21. The van der Waals surface area contributed by atoms with E-state index in [4.69, 9.17) is 0 Å². The summed E-state index contributed by atoms with van der Waals surface area (Å²) in [5.74, 6) is 1.99. The second-order valence-electron chi connectivity index (χ2n) is 6.75. The zero-order valence-corrected chi connectivity index (χ0v) is 15.8. The fourth-order valence-corrected chi connectivity index (χ4v) is 4.53. The van der Waals surface area contributed by atoms with Crippen molar-refractivity contribution in [2.75, 3.05) is 25.4 Å². The SMILES string of the molecule is c1ccc(-c2nnc(SCC[NH+]3CCCCC3)n2-c2ccccc2)cc1. The molecular formula is C21H25N4S+. The molecule has 26 heavy (non-hydrogen) atoms. The Kier molecular flexibility index (Phi) is 5.67. The van der Waals surface area contributed by atoms with Crippen molar-refractivity contribution in [3.8, 4) is 17.1 Å². The first kappa shape index (κ1) is 17.3. The van der Waals surface area contributed by atoms with Crippen LogP contribution in [0.15, 0.2) is 65.8 Å². The summed E-state index contributed by atoms with van der Waals surface area (Å²) in [6, 6.07) is 20.7. The second kappa shape index (κ2) is 8.52. The maximum atomic E-state index is 4.52. The molecule has 0 saturated carbocycles. The van der Waals surface area contributed by atoms with Gasteiger partial charge in [0.05, 0.1) is 25.4 Å². The molecule has 4 rings (SSSR count). The van der Waals surface area contributed by atoms with E-state index in [2.05, 4.69) is 51.2 Å². The number of likely N-dealkylation sites (tertiary alicyclic amines) is 1. The highest BCUT2D eigenvalue weighted by Crippen LogP contribution is 2.27. The molecule has 1 saturated heterocycles. The van der Waals surface area contributed by atoms with Gasteiger partial charge in [0.25, 0.3) is 0 Å². The Balaban J connectivity index is 1.57. The van der Waals surface area contributed by atoms with Crippen molar-refractivity contribution < 1.29 is 4.90 Å². The van der Waals surface area contributed by atoms with Gasteiger partial charge < -0.3 is 4.90 Å². The van der Waals surface area contributed by atoms with E-state index in [-0.39, 0.29) is 0 Å². The van der Waals surface area contributed by atoms with Crippen LogP contribution in [0.1, 0.15) is 19.3 Å². The zero-order valence-electron chi connectivity index (χ0n) is 15.0. The van der Waals surface area contributed by atoms with Gasteiger partial charge >= 0.3 is 0 Å². The van der Waals surface area contributed by atoms with E-state index < -0.39 is 0 Å². The molecule has 134 valence electrons. The van der Waals surface area contributed by atoms with Crippen molar-refractivity contribution >= 4 is 11.8 Å². The zero-order chi connectivity index (χ0) is 17.6. The maximum absolute atomic E-state index is 4.52. The average molecular weight is 366 g/mol. The van der Waals surface area contributed by atoms with Gasteiger partial charge in [-0.3, -0.25) is 4.57 Å². The van der Waals surface area contributed by atoms with Gasteiger partial charge in [-0.1, -0.05) is 60.3 Å². The largest absolute Gasteiger partial charge is 0.334 e. The van der Waals surface area contributed by atoms with Crippen LogP contribution in [0, 0.1) is 0 Å². The third-order valence-electron chi connectivity index (χ3n) is 4.93. The van der Waals surface area contributed by atoms with E-state index in [0.29, 0.717) is 0 Å². The molecule has 1 fully saturated rings. The molecule has 0 atom stereocenters. The number of para-hydroxylation sites is 1. The summed E-state index contributed by atoms with van der Waals surface area (Å²) in [4.78, 5) is 1.73. The van der Waals surface area contributed by atoms with Crippen LogP contribution in [0.5, 0.6) is 0 Å². The lowest BCUT2D eigenvalue weighted by atomic mass is 10.1. The minimum atomic E-state index is 0.907. The molecule has 2 heterocycles. The van der Waals surface area contributed by atoms with Crippen LogP contribution in [0.2, 0.25) is 0 Å². The fourth-order valence-electron chi connectivity index (χ4n) is 3.54. The lowest BCUT2D eigenvalue weighted by molar-refractivity contribution is -0.902. The lowest BCUT2D eigenvalue weighted by Gasteiger charge is -2.23. The Hall–Kier alpha value is -2.11. The number of rotatable bonds is 6. The number of nitrogens with one attached hydrogen (secondary N) is 1. The Morgan fingerprint density at radius 1 is 0.846 bits per heavy atom. The first-order chi connectivity index (χ1) is 12.9. The van der Waals surface area contributed by atoms with Crippen LogP contribution in [0.25, 0.3) is 17.1 Å². The van der Waals surface area contributed by atoms with E-state index in [9.17, 15) is 0 Å². The number of benzene rings is 2. The van der Waals surface area contributed by atoms with Gasteiger partial charge in [-0.05, 0) is 31.4 Å². The number of aromatic nitrogens is 3. The molecule has 0 bridgehead atoms. The average Bonchev–Trinajstić information content (AvgIpc) is 3.14. The molecule has 3 aromatic rings. The van der Waals surface area contributed by atoms with E-state index in [1.807, 2.05) is 36.0 Å². The summed E-state index contributed by atoms with van der Waals surface area (Å²) >= 11 is 1.82. The van der Waals surface area contributed by atoms with Gasteiger partial charge in [0.15, 0.2) is 11.0 Å². The van der Waals surface area contributed by atoms with E-state index in [1.54, 1.807) is 4.90 Å². The van der Waals surface area contributed by atoms with Crippen LogP contribution < -0.4 is 4.90 Å². The Morgan fingerprint density at radius 3 is 2.27 bits per heavy atom. The Bertz CT molecular complexity index is 811. The minimum Gasteiger partial charge on any atom is -0.334 e. The van der Waals surface area contributed by atoms with Crippen LogP contribution in [-0.4, -0.2) is 40.2 Å². The Morgan fingerprint density at radius 2 is 1.54 bits per heavy atom. The molecule has 0 unspecified atom stereocenters. The van der Waals surface area contributed by atoms with E-state index in [1.165, 1.54) is 38.9 Å². The first-order valence-electron chi connectivity index (χ1n) is 9.44. The number of quaternary nitrogens is 1. The first-order valence-corrected chi connectivity index (χ1v) is 10.4. The van der Waals surface area contributed by atoms with E-state index >= 15 is 0 Å². The normalized spacial score (nSPS) is 15.2. The van der Waals surface area contributed by atoms with Gasteiger partial charge in [0, 0.05) is 11.3 Å². The predicted octanol–water partition coefficient (Wildman–Crippen LogP) is 3.10. The number of thioether (sulfide) groups is 1. The van der Waals surface area contributed by atoms with Crippen molar-refractivity contribution in [1.82, 2.24) is 14.8 Å². The predicted molar refractivity (Wildman–Crippen MR) is 107 cm³/mol. The van der Waals surface area contributed by atoms with Crippen molar-refractivity contribution in [2.24, 2.45) is 0 Å². The topological polar surface area (TPSA) is 35.2 Å². The summed E-state index contributed by atoms with van der Waals surface area (Å²) < 4.78 is 2.19. The molecule has 2 aromatic carbocycles. The molecule has 0 spiro atoms. The summed E-state index contributed by atoms with van der Waals surface area (Å²) in [6.45, 7) is 3.84. The van der Waals surface area contributed by atoms with E-state index in [0.717, 1.165) is 28.0 Å². The third kappa shape index (κ3) is 4.00. The fraction of sp³-hybridized carbons (Fsp3) is 0.333. The molecule has 0 radical (unpaired) electrons. The van der Waals surface area contributed by atoms with Gasteiger partial charge in [-0.2, -0.15) is 0 Å². The molecule has 5 heteroatoms. The number of piperidine rings is 1. The summed E-state index contributed by atoms with van der Waals surface area (Å²) in [5, 5.41) is 10.0. The minimum absolute atomic E-state index is 0.907. The lowest BCUT2D eigenvalue weighted by Crippen LogP contribution is -3.13. The maximum Gasteiger partial charge on any atom is 0.196 e. The second-order valence-corrected chi connectivity index (χ2v) is 7.81.